The Morgan fingerprint density at radius 1 is 1.28 bits per heavy atom. The molecule has 0 atom stereocenters. The number of aliphatic imine (C=N–C) groups is 1. The third kappa shape index (κ3) is 6.54. The van der Waals surface area contributed by atoms with Crippen molar-refractivity contribution in [3.05, 3.63) is 50.4 Å². The zero-order chi connectivity index (χ0) is 20.0. The van der Waals surface area contributed by atoms with Gasteiger partial charge >= 0.3 is 0 Å². The number of rotatable bonds is 6. The highest BCUT2D eigenvalue weighted by Crippen LogP contribution is 2.35. The van der Waals surface area contributed by atoms with E-state index < -0.39 is 0 Å². The number of ether oxygens (including phenoxy) is 1. The van der Waals surface area contributed by atoms with Crippen LogP contribution in [0.2, 0.25) is 5.02 Å². The lowest BCUT2D eigenvalue weighted by molar-refractivity contribution is 0.0514. The molecule has 0 saturated carbocycles. The molecule has 2 N–H and O–H groups in total. The lowest BCUT2D eigenvalue weighted by Crippen LogP contribution is -2.48. The second kappa shape index (κ2) is 11.5. The quantitative estimate of drug-likeness (QED) is 0.308. The number of aromatic nitrogens is 1. The van der Waals surface area contributed by atoms with Crippen LogP contribution < -0.4 is 10.6 Å². The molecule has 0 bridgehead atoms. The summed E-state index contributed by atoms with van der Waals surface area (Å²) in [6, 6.07) is 8.21. The first-order valence-corrected chi connectivity index (χ1v) is 11.0. The summed E-state index contributed by atoms with van der Waals surface area (Å²) in [5.41, 5.74) is 2.35. The number of benzene rings is 1. The molecular formula is C21H30ClIN4OS. The predicted octanol–water partition coefficient (Wildman–Crippen LogP) is 4.83. The molecule has 1 fully saturated rings. The lowest BCUT2D eigenvalue weighted by atomic mass is 9.74. The molecule has 0 radical (unpaired) electrons. The van der Waals surface area contributed by atoms with Crippen molar-refractivity contribution >= 4 is 52.9 Å². The van der Waals surface area contributed by atoms with Gasteiger partial charge < -0.3 is 15.4 Å². The third-order valence-corrected chi connectivity index (χ3v) is 6.56. The van der Waals surface area contributed by atoms with Gasteiger partial charge in [0.25, 0.3) is 0 Å². The van der Waals surface area contributed by atoms with Gasteiger partial charge in [0.2, 0.25) is 0 Å². The van der Waals surface area contributed by atoms with E-state index in [0.29, 0.717) is 6.54 Å². The Kier molecular flexibility index (Phi) is 9.65. The van der Waals surface area contributed by atoms with Gasteiger partial charge in [0.15, 0.2) is 5.96 Å². The molecular weight excluding hydrogens is 519 g/mol. The molecule has 1 saturated heterocycles. The maximum atomic E-state index is 6.28. The maximum absolute atomic E-state index is 6.28. The van der Waals surface area contributed by atoms with Crippen molar-refractivity contribution in [2.24, 2.45) is 4.99 Å². The Morgan fingerprint density at radius 3 is 2.66 bits per heavy atom. The van der Waals surface area contributed by atoms with Crippen LogP contribution in [-0.4, -0.2) is 37.2 Å². The topological polar surface area (TPSA) is 58.5 Å². The first-order chi connectivity index (χ1) is 13.5. The average Bonchev–Trinajstić information content (AvgIpc) is 3.02. The number of guanidine groups is 1. The normalized spacial score (nSPS) is 16.2. The van der Waals surface area contributed by atoms with E-state index in [2.05, 4.69) is 41.6 Å². The monoisotopic (exact) mass is 548 g/mol. The number of aryl methyl sites for hydroxylation is 2. The van der Waals surface area contributed by atoms with Crippen LogP contribution in [0.25, 0.3) is 0 Å². The molecule has 1 aliphatic heterocycles. The van der Waals surface area contributed by atoms with E-state index in [1.54, 1.807) is 11.3 Å². The second-order valence-electron chi connectivity index (χ2n) is 7.20. The number of hydrogen-bond donors (Lipinski definition) is 2. The van der Waals surface area contributed by atoms with E-state index in [0.717, 1.165) is 60.8 Å². The molecule has 29 heavy (non-hydrogen) atoms. The highest BCUT2D eigenvalue weighted by Gasteiger charge is 2.34. The minimum absolute atomic E-state index is 0. The van der Waals surface area contributed by atoms with Crippen molar-refractivity contribution in [2.45, 2.75) is 45.6 Å². The molecule has 1 aliphatic rings. The summed E-state index contributed by atoms with van der Waals surface area (Å²) >= 11 is 7.99. The van der Waals surface area contributed by atoms with E-state index in [4.69, 9.17) is 21.3 Å². The summed E-state index contributed by atoms with van der Waals surface area (Å²) < 4.78 is 5.64. The summed E-state index contributed by atoms with van der Waals surface area (Å²) in [6.07, 6.45) is 1.93. The zero-order valence-electron chi connectivity index (χ0n) is 17.3. The van der Waals surface area contributed by atoms with Crippen molar-refractivity contribution in [3.63, 3.8) is 0 Å². The zero-order valence-corrected chi connectivity index (χ0v) is 21.2. The molecule has 0 aliphatic carbocycles. The number of nitrogens with one attached hydrogen (secondary N) is 2. The van der Waals surface area contributed by atoms with Gasteiger partial charge in [-0.3, -0.25) is 0 Å². The molecule has 3 rings (SSSR count). The Morgan fingerprint density at radius 2 is 2.03 bits per heavy atom. The van der Waals surface area contributed by atoms with Crippen molar-refractivity contribution in [2.75, 3.05) is 26.3 Å². The van der Waals surface area contributed by atoms with Gasteiger partial charge in [-0.1, -0.05) is 23.7 Å². The van der Waals surface area contributed by atoms with Crippen LogP contribution in [0.3, 0.4) is 0 Å². The number of halogens is 2. The largest absolute Gasteiger partial charge is 0.381 e. The Bertz CT molecular complexity index is 801. The molecule has 0 spiro atoms. The van der Waals surface area contributed by atoms with Gasteiger partial charge in [0, 0.05) is 41.6 Å². The fourth-order valence-electron chi connectivity index (χ4n) is 3.50. The molecule has 8 heteroatoms. The van der Waals surface area contributed by atoms with E-state index in [9.17, 15) is 0 Å². The first-order valence-electron chi connectivity index (χ1n) is 9.81. The fourth-order valence-corrected chi connectivity index (χ4v) is 4.54. The van der Waals surface area contributed by atoms with E-state index >= 15 is 0 Å². The van der Waals surface area contributed by atoms with Crippen LogP contribution in [0.15, 0.2) is 29.3 Å². The number of nitrogens with zero attached hydrogens (tertiary/aromatic N) is 2. The lowest BCUT2D eigenvalue weighted by Gasteiger charge is -2.38. The van der Waals surface area contributed by atoms with E-state index in [-0.39, 0.29) is 29.4 Å². The maximum Gasteiger partial charge on any atom is 0.191 e. The summed E-state index contributed by atoms with van der Waals surface area (Å²) in [5, 5.41) is 8.73. The highest BCUT2D eigenvalue weighted by molar-refractivity contribution is 14.0. The Labute approximate surface area is 199 Å². The molecule has 0 unspecified atom stereocenters. The van der Waals surface area contributed by atoms with Gasteiger partial charge in [-0.05, 0) is 51.3 Å². The molecule has 1 aromatic carbocycles. The molecule has 0 amide bonds. The van der Waals surface area contributed by atoms with Crippen molar-refractivity contribution in [1.82, 2.24) is 15.6 Å². The van der Waals surface area contributed by atoms with Gasteiger partial charge in [-0.15, -0.1) is 35.3 Å². The van der Waals surface area contributed by atoms with Crippen LogP contribution in [0.1, 0.15) is 40.9 Å². The van der Waals surface area contributed by atoms with Crippen molar-refractivity contribution in [3.8, 4) is 0 Å². The van der Waals surface area contributed by atoms with Crippen molar-refractivity contribution in [1.29, 1.82) is 0 Å². The fraction of sp³-hybridized carbons (Fsp3) is 0.524. The number of hydrogen-bond acceptors (Lipinski definition) is 4. The average molecular weight is 549 g/mol. The van der Waals surface area contributed by atoms with Crippen LogP contribution in [0, 0.1) is 13.8 Å². The second-order valence-corrected chi connectivity index (χ2v) is 8.93. The van der Waals surface area contributed by atoms with Gasteiger partial charge in [-0.25, -0.2) is 9.98 Å². The van der Waals surface area contributed by atoms with Gasteiger partial charge in [0.1, 0.15) is 5.01 Å². The van der Waals surface area contributed by atoms with E-state index in [1.165, 1.54) is 10.4 Å². The minimum Gasteiger partial charge on any atom is -0.381 e. The molecule has 5 nitrogen and oxygen atoms in total. The smallest absolute Gasteiger partial charge is 0.191 e. The standard InChI is InChI=1S/C21H29ClN4OS.HI/c1-4-23-20(24-13-19-26-15(2)16(3)28-19)25-14-21(8-10-27-11-9-21)17-6-5-7-18(22)12-17;/h5-7,12H,4,8-11,13-14H2,1-3H3,(H2,23,24,25);1H. The summed E-state index contributed by atoms with van der Waals surface area (Å²) in [6.45, 7) is 9.94. The molecule has 2 aromatic rings. The van der Waals surface area contributed by atoms with Gasteiger partial charge in [0.05, 0.1) is 12.2 Å². The SMILES string of the molecule is CCNC(=NCc1nc(C)c(C)s1)NCC1(c2cccc(Cl)c2)CCOCC1.I. The minimum atomic E-state index is -0.00625. The van der Waals surface area contributed by atoms with Crippen molar-refractivity contribution < 1.29 is 4.74 Å². The first kappa shape index (κ1) is 24.4. The Balaban J connectivity index is 0.00000300. The molecule has 1 aromatic heterocycles. The third-order valence-electron chi connectivity index (χ3n) is 5.27. The highest BCUT2D eigenvalue weighted by atomic mass is 127. The molecule has 160 valence electrons. The summed E-state index contributed by atoms with van der Waals surface area (Å²) in [5.74, 6) is 0.820. The van der Waals surface area contributed by atoms with Crippen LogP contribution in [-0.2, 0) is 16.7 Å². The van der Waals surface area contributed by atoms with Crippen LogP contribution >= 0.6 is 46.9 Å². The predicted molar refractivity (Wildman–Crippen MR) is 133 cm³/mol. The van der Waals surface area contributed by atoms with Crippen LogP contribution in [0.4, 0.5) is 0 Å². The van der Waals surface area contributed by atoms with E-state index in [1.807, 2.05) is 19.1 Å². The summed E-state index contributed by atoms with van der Waals surface area (Å²) in [4.78, 5) is 10.6. The molecule has 2 heterocycles. The van der Waals surface area contributed by atoms with Gasteiger partial charge in [-0.2, -0.15) is 0 Å². The Hall–Kier alpha value is -0.900. The summed E-state index contributed by atoms with van der Waals surface area (Å²) in [7, 11) is 0. The number of thiazole rings is 1. The van der Waals surface area contributed by atoms with Crippen LogP contribution in [0.5, 0.6) is 0 Å².